The number of carbonyl (C=O) groups is 1. The van der Waals surface area contributed by atoms with Gasteiger partial charge in [0.05, 0.1) is 6.61 Å². The number of nitrogens with two attached hydrogens (primary N) is 1. The van der Waals surface area contributed by atoms with E-state index in [0.717, 1.165) is 0 Å². The summed E-state index contributed by atoms with van der Waals surface area (Å²) in [5, 5.41) is 19.3. The SMILES string of the molecule is Nc1ccc(C(=O)C(O)c2ccccc2)c(CO)c1. The summed E-state index contributed by atoms with van der Waals surface area (Å²) >= 11 is 0. The lowest BCUT2D eigenvalue weighted by atomic mass is 9.96. The van der Waals surface area contributed by atoms with Crippen molar-refractivity contribution < 1.29 is 15.0 Å². The van der Waals surface area contributed by atoms with Crippen molar-refractivity contribution in [3.8, 4) is 0 Å². The van der Waals surface area contributed by atoms with Gasteiger partial charge in [-0.25, -0.2) is 0 Å². The van der Waals surface area contributed by atoms with Crippen LogP contribution in [0.1, 0.15) is 27.6 Å². The van der Waals surface area contributed by atoms with Crippen LogP contribution in [0.5, 0.6) is 0 Å². The number of benzene rings is 2. The lowest BCUT2D eigenvalue weighted by Crippen LogP contribution is -2.14. The van der Waals surface area contributed by atoms with Gasteiger partial charge in [-0.1, -0.05) is 30.3 Å². The van der Waals surface area contributed by atoms with Gasteiger partial charge in [-0.05, 0) is 29.3 Å². The summed E-state index contributed by atoms with van der Waals surface area (Å²) in [5.74, 6) is -0.449. The molecule has 0 bridgehead atoms. The number of carbonyl (C=O) groups excluding carboxylic acids is 1. The number of anilines is 1. The number of nitrogen functional groups attached to an aromatic ring is 1. The van der Waals surface area contributed by atoms with E-state index in [2.05, 4.69) is 0 Å². The third-order valence-electron chi connectivity index (χ3n) is 2.93. The van der Waals surface area contributed by atoms with Crippen molar-refractivity contribution in [3.63, 3.8) is 0 Å². The van der Waals surface area contributed by atoms with Crippen LogP contribution < -0.4 is 5.73 Å². The Morgan fingerprint density at radius 3 is 2.47 bits per heavy atom. The molecule has 0 amide bonds. The third kappa shape index (κ3) is 2.81. The van der Waals surface area contributed by atoms with E-state index in [1.807, 2.05) is 6.07 Å². The van der Waals surface area contributed by atoms with Crippen molar-refractivity contribution in [2.24, 2.45) is 0 Å². The summed E-state index contributed by atoms with van der Waals surface area (Å²) in [6.07, 6.45) is -1.24. The molecule has 4 heteroatoms. The first-order valence-corrected chi connectivity index (χ1v) is 5.90. The van der Waals surface area contributed by atoms with Gasteiger partial charge in [-0.2, -0.15) is 0 Å². The third-order valence-corrected chi connectivity index (χ3v) is 2.93. The molecule has 0 heterocycles. The van der Waals surface area contributed by atoms with Crippen LogP contribution in [0, 0.1) is 0 Å². The smallest absolute Gasteiger partial charge is 0.196 e. The van der Waals surface area contributed by atoms with Crippen molar-refractivity contribution in [3.05, 3.63) is 65.2 Å². The molecule has 0 aliphatic heterocycles. The molecule has 0 aliphatic carbocycles. The Balaban J connectivity index is 2.34. The number of Topliss-reactive ketones (excluding diaryl/α,β-unsaturated/α-hetero) is 1. The molecule has 0 fully saturated rings. The van der Waals surface area contributed by atoms with E-state index >= 15 is 0 Å². The Labute approximate surface area is 111 Å². The van der Waals surface area contributed by atoms with Crippen molar-refractivity contribution in [2.75, 3.05) is 5.73 Å². The standard InChI is InChI=1S/C15H15NO3/c16-12-6-7-13(11(8-12)9-17)15(19)14(18)10-4-2-1-3-5-10/h1-8,14,17-18H,9,16H2. The Hall–Kier alpha value is -2.17. The summed E-state index contributed by atoms with van der Waals surface area (Å²) < 4.78 is 0. The zero-order valence-corrected chi connectivity index (χ0v) is 10.3. The highest BCUT2D eigenvalue weighted by Gasteiger charge is 2.21. The Kier molecular flexibility index (Phi) is 3.94. The summed E-state index contributed by atoms with van der Waals surface area (Å²) in [7, 11) is 0. The highest BCUT2D eigenvalue weighted by molar-refractivity contribution is 6.01. The monoisotopic (exact) mass is 257 g/mol. The first kappa shape index (κ1) is 13.3. The zero-order chi connectivity index (χ0) is 13.8. The first-order chi connectivity index (χ1) is 9.13. The average Bonchev–Trinajstić information content (AvgIpc) is 2.46. The molecule has 0 aliphatic rings. The molecule has 4 N–H and O–H groups in total. The van der Waals surface area contributed by atoms with Crippen LogP contribution in [0.2, 0.25) is 0 Å². The van der Waals surface area contributed by atoms with E-state index in [9.17, 15) is 15.0 Å². The van der Waals surface area contributed by atoms with Gasteiger partial charge >= 0.3 is 0 Å². The van der Waals surface area contributed by atoms with Crippen LogP contribution in [-0.4, -0.2) is 16.0 Å². The summed E-state index contributed by atoms with van der Waals surface area (Å²) in [4.78, 5) is 12.2. The highest BCUT2D eigenvalue weighted by Crippen LogP contribution is 2.22. The number of aliphatic hydroxyl groups excluding tert-OH is 2. The minimum atomic E-state index is -1.24. The molecular weight excluding hydrogens is 242 g/mol. The summed E-state index contributed by atoms with van der Waals surface area (Å²) in [5.41, 5.74) is 7.30. The predicted molar refractivity (Wildman–Crippen MR) is 72.5 cm³/mol. The maximum absolute atomic E-state index is 12.2. The normalized spacial score (nSPS) is 12.1. The van der Waals surface area contributed by atoms with E-state index in [1.165, 1.54) is 12.1 Å². The van der Waals surface area contributed by atoms with Gasteiger partial charge in [-0.3, -0.25) is 4.79 Å². The molecule has 0 radical (unpaired) electrons. The molecular formula is C15H15NO3. The highest BCUT2D eigenvalue weighted by atomic mass is 16.3. The van der Waals surface area contributed by atoms with Crippen molar-refractivity contribution in [2.45, 2.75) is 12.7 Å². The average molecular weight is 257 g/mol. The fraction of sp³-hybridized carbons (Fsp3) is 0.133. The van der Waals surface area contributed by atoms with Crippen LogP contribution in [0.4, 0.5) is 5.69 Å². The Morgan fingerprint density at radius 2 is 1.84 bits per heavy atom. The van der Waals surface area contributed by atoms with E-state index in [0.29, 0.717) is 16.8 Å². The number of hydrogen-bond donors (Lipinski definition) is 3. The van der Waals surface area contributed by atoms with Crippen LogP contribution >= 0.6 is 0 Å². The minimum Gasteiger partial charge on any atom is -0.399 e. The van der Waals surface area contributed by atoms with Crippen LogP contribution in [0.15, 0.2) is 48.5 Å². The minimum absolute atomic E-state index is 0.285. The van der Waals surface area contributed by atoms with Gasteiger partial charge in [-0.15, -0.1) is 0 Å². The molecule has 98 valence electrons. The zero-order valence-electron chi connectivity index (χ0n) is 10.3. The fourth-order valence-corrected chi connectivity index (χ4v) is 1.92. The second kappa shape index (κ2) is 5.65. The van der Waals surface area contributed by atoms with Gasteiger partial charge in [0.15, 0.2) is 5.78 Å². The molecule has 0 saturated heterocycles. The van der Waals surface area contributed by atoms with Gasteiger partial charge < -0.3 is 15.9 Å². The molecule has 1 unspecified atom stereocenters. The first-order valence-electron chi connectivity index (χ1n) is 5.90. The van der Waals surface area contributed by atoms with E-state index in [1.54, 1.807) is 30.3 Å². The predicted octanol–water partition coefficient (Wildman–Crippen LogP) is 1.68. The van der Waals surface area contributed by atoms with Crippen molar-refractivity contribution in [1.29, 1.82) is 0 Å². The molecule has 4 nitrogen and oxygen atoms in total. The van der Waals surface area contributed by atoms with Crippen LogP contribution in [-0.2, 0) is 6.61 Å². The van der Waals surface area contributed by atoms with E-state index in [4.69, 9.17) is 5.73 Å². The maximum atomic E-state index is 12.2. The molecule has 0 spiro atoms. The number of aliphatic hydroxyl groups is 2. The maximum Gasteiger partial charge on any atom is 0.196 e. The van der Waals surface area contributed by atoms with Crippen LogP contribution in [0.25, 0.3) is 0 Å². The van der Waals surface area contributed by atoms with Gasteiger partial charge in [0.25, 0.3) is 0 Å². The second-order valence-corrected chi connectivity index (χ2v) is 4.25. The van der Waals surface area contributed by atoms with Crippen molar-refractivity contribution in [1.82, 2.24) is 0 Å². The molecule has 0 saturated carbocycles. The molecule has 2 aromatic carbocycles. The molecule has 0 aromatic heterocycles. The van der Waals surface area contributed by atoms with Gasteiger partial charge in [0, 0.05) is 11.3 Å². The molecule has 1 atom stereocenters. The van der Waals surface area contributed by atoms with Gasteiger partial charge in [0.2, 0.25) is 0 Å². The Morgan fingerprint density at radius 1 is 1.16 bits per heavy atom. The largest absolute Gasteiger partial charge is 0.399 e. The topological polar surface area (TPSA) is 83.6 Å². The molecule has 19 heavy (non-hydrogen) atoms. The van der Waals surface area contributed by atoms with Crippen LogP contribution in [0.3, 0.4) is 0 Å². The summed E-state index contributed by atoms with van der Waals surface area (Å²) in [6, 6.07) is 13.3. The lowest BCUT2D eigenvalue weighted by molar-refractivity contribution is 0.0744. The van der Waals surface area contributed by atoms with Crippen molar-refractivity contribution >= 4 is 11.5 Å². The number of rotatable bonds is 4. The van der Waals surface area contributed by atoms with E-state index in [-0.39, 0.29) is 12.2 Å². The molecule has 2 aromatic rings. The summed E-state index contributed by atoms with van der Waals surface area (Å²) in [6.45, 7) is -0.298. The quantitative estimate of drug-likeness (QED) is 0.574. The number of hydrogen-bond acceptors (Lipinski definition) is 4. The van der Waals surface area contributed by atoms with E-state index < -0.39 is 11.9 Å². The number of ketones is 1. The molecule has 2 rings (SSSR count). The fourth-order valence-electron chi connectivity index (χ4n) is 1.92. The van der Waals surface area contributed by atoms with Gasteiger partial charge in [0.1, 0.15) is 6.10 Å². The lowest BCUT2D eigenvalue weighted by Gasteiger charge is -2.13. The Bertz CT molecular complexity index is 581. The second-order valence-electron chi connectivity index (χ2n) is 4.25.